The van der Waals surface area contributed by atoms with Crippen LogP contribution in [0.25, 0.3) is 0 Å². The number of nitrogens with one attached hydrogen (secondary N) is 1. The molecule has 1 spiro atoms. The molecule has 0 bridgehead atoms. The van der Waals surface area contributed by atoms with Crippen molar-refractivity contribution in [3.05, 3.63) is 29.3 Å². The van der Waals surface area contributed by atoms with Gasteiger partial charge >= 0.3 is 0 Å². The standard InChI is InChI=1S/C13H17NO2/c15-8-10-1-2-12-11(7-10)13(9-14-12)3-5-16-6-4-13/h1-2,7,14-15H,3-6,8-9H2. The van der Waals surface area contributed by atoms with Crippen molar-refractivity contribution < 1.29 is 9.84 Å². The Morgan fingerprint density at radius 1 is 1.31 bits per heavy atom. The summed E-state index contributed by atoms with van der Waals surface area (Å²) in [6.45, 7) is 2.84. The van der Waals surface area contributed by atoms with Gasteiger partial charge in [0.1, 0.15) is 0 Å². The zero-order chi connectivity index (χ0) is 11.0. The number of hydrogen-bond donors (Lipinski definition) is 2. The monoisotopic (exact) mass is 219 g/mol. The lowest BCUT2D eigenvalue weighted by Gasteiger charge is -2.33. The predicted molar refractivity (Wildman–Crippen MR) is 62.6 cm³/mol. The maximum atomic E-state index is 9.21. The van der Waals surface area contributed by atoms with Gasteiger partial charge < -0.3 is 15.2 Å². The molecule has 1 aromatic rings. The van der Waals surface area contributed by atoms with E-state index < -0.39 is 0 Å². The van der Waals surface area contributed by atoms with Gasteiger partial charge in [-0.05, 0) is 30.0 Å². The van der Waals surface area contributed by atoms with Crippen molar-refractivity contribution in [2.24, 2.45) is 0 Å². The second-order valence-electron chi connectivity index (χ2n) is 4.78. The van der Waals surface area contributed by atoms with Crippen LogP contribution in [0.2, 0.25) is 0 Å². The van der Waals surface area contributed by atoms with Gasteiger partial charge in [0.05, 0.1) is 6.61 Å². The summed E-state index contributed by atoms with van der Waals surface area (Å²) in [6, 6.07) is 6.23. The number of fused-ring (bicyclic) bond motifs is 2. The van der Waals surface area contributed by atoms with E-state index in [-0.39, 0.29) is 12.0 Å². The van der Waals surface area contributed by atoms with Gasteiger partial charge in [0, 0.05) is 30.9 Å². The predicted octanol–water partition coefficient (Wildman–Crippen LogP) is 1.65. The first kappa shape index (κ1) is 10.1. The van der Waals surface area contributed by atoms with Crippen molar-refractivity contribution >= 4 is 5.69 Å². The van der Waals surface area contributed by atoms with E-state index in [1.807, 2.05) is 6.07 Å². The Morgan fingerprint density at radius 3 is 2.88 bits per heavy atom. The Hall–Kier alpha value is -1.06. The normalized spacial score (nSPS) is 21.8. The second-order valence-corrected chi connectivity index (χ2v) is 4.78. The molecule has 1 aromatic carbocycles. The summed E-state index contributed by atoms with van der Waals surface area (Å²) in [6.07, 6.45) is 2.17. The average molecular weight is 219 g/mol. The molecule has 2 N–H and O–H groups in total. The largest absolute Gasteiger partial charge is 0.392 e. The number of benzene rings is 1. The smallest absolute Gasteiger partial charge is 0.0681 e. The van der Waals surface area contributed by atoms with E-state index in [1.54, 1.807) is 0 Å². The minimum absolute atomic E-state index is 0.125. The summed E-state index contributed by atoms with van der Waals surface area (Å²) in [5, 5.41) is 12.7. The van der Waals surface area contributed by atoms with E-state index in [0.29, 0.717) is 0 Å². The van der Waals surface area contributed by atoms with Crippen LogP contribution in [-0.4, -0.2) is 24.9 Å². The van der Waals surface area contributed by atoms with E-state index in [9.17, 15) is 5.11 Å². The van der Waals surface area contributed by atoms with Crippen LogP contribution in [0.1, 0.15) is 24.0 Å². The molecule has 0 aliphatic carbocycles. The fourth-order valence-corrected chi connectivity index (χ4v) is 2.85. The van der Waals surface area contributed by atoms with Crippen LogP contribution in [-0.2, 0) is 16.8 Å². The highest BCUT2D eigenvalue weighted by molar-refractivity contribution is 5.61. The molecule has 0 atom stereocenters. The number of hydrogen-bond acceptors (Lipinski definition) is 3. The first-order chi connectivity index (χ1) is 7.84. The number of ether oxygens (including phenoxy) is 1. The molecule has 0 radical (unpaired) electrons. The summed E-state index contributed by atoms with van der Waals surface area (Å²) in [4.78, 5) is 0. The quantitative estimate of drug-likeness (QED) is 0.754. The Kier molecular flexibility index (Phi) is 2.37. The molecular weight excluding hydrogens is 202 g/mol. The topological polar surface area (TPSA) is 41.5 Å². The highest BCUT2D eigenvalue weighted by Crippen LogP contribution is 2.43. The van der Waals surface area contributed by atoms with Crippen LogP contribution in [0.3, 0.4) is 0 Å². The molecule has 16 heavy (non-hydrogen) atoms. The van der Waals surface area contributed by atoms with Crippen LogP contribution in [0.4, 0.5) is 5.69 Å². The average Bonchev–Trinajstić information content (AvgIpc) is 2.69. The fraction of sp³-hybridized carbons (Fsp3) is 0.538. The van der Waals surface area contributed by atoms with E-state index in [1.165, 1.54) is 11.3 Å². The summed E-state index contributed by atoms with van der Waals surface area (Å²) < 4.78 is 5.45. The molecule has 3 heteroatoms. The third kappa shape index (κ3) is 1.43. The van der Waals surface area contributed by atoms with Crippen LogP contribution in [0.5, 0.6) is 0 Å². The van der Waals surface area contributed by atoms with E-state index in [0.717, 1.165) is 38.2 Å². The molecule has 1 fully saturated rings. The van der Waals surface area contributed by atoms with Crippen LogP contribution < -0.4 is 5.32 Å². The number of rotatable bonds is 1. The molecule has 86 valence electrons. The van der Waals surface area contributed by atoms with Gasteiger partial charge in [-0.3, -0.25) is 0 Å². The highest BCUT2D eigenvalue weighted by atomic mass is 16.5. The van der Waals surface area contributed by atoms with Crippen molar-refractivity contribution in [2.45, 2.75) is 24.9 Å². The van der Waals surface area contributed by atoms with Gasteiger partial charge in [0.15, 0.2) is 0 Å². The third-order valence-corrected chi connectivity index (χ3v) is 3.91. The minimum Gasteiger partial charge on any atom is -0.392 e. The van der Waals surface area contributed by atoms with Crippen LogP contribution in [0.15, 0.2) is 18.2 Å². The molecule has 1 saturated heterocycles. The Labute approximate surface area is 95.4 Å². The molecule has 0 unspecified atom stereocenters. The molecule has 0 saturated carbocycles. The van der Waals surface area contributed by atoms with Gasteiger partial charge in [-0.15, -0.1) is 0 Å². The van der Waals surface area contributed by atoms with E-state index >= 15 is 0 Å². The van der Waals surface area contributed by atoms with Crippen LogP contribution in [0, 0.1) is 0 Å². The molecule has 3 nitrogen and oxygen atoms in total. The van der Waals surface area contributed by atoms with Gasteiger partial charge in [-0.25, -0.2) is 0 Å². The maximum absolute atomic E-state index is 9.21. The summed E-state index contributed by atoms with van der Waals surface area (Å²) in [5.74, 6) is 0. The Bertz CT molecular complexity index is 391. The molecular formula is C13H17NO2. The highest BCUT2D eigenvalue weighted by Gasteiger charge is 2.40. The van der Waals surface area contributed by atoms with Gasteiger partial charge in [0.25, 0.3) is 0 Å². The van der Waals surface area contributed by atoms with Crippen LogP contribution >= 0.6 is 0 Å². The van der Waals surface area contributed by atoms with Crippen molar-refractivity contribution in [1.29, 1.82) is 0 Å². The van der Waals surface area contributed by atoms with Gasteiger partial charge in [-0.2, -0.15) is 0 Å². The van der Waals surface area contributed by atoms with Crippen molar-refractivity contribution in [1.82, 2.24) is 0 Å². The molecule has 2 aliphatic heterocycles. The summed E-state index contributed by atoms with van der Waals surface area (Å²) in [5.41, 5.74) is 3.87. The molecule has 3 rings (SSSR count). The van der Waals surface area contributed by atoms with Crippen molar-refractivity contribution in [2.75, 3.05) is 25.1 Å². The molecule has 2 aliphatic rings. The van der Waals surface area contributed by atoms with Crippen molar-refractivity contribution in [3.8, 4) is 0 Å². The SMILES string of the molecule is OCc1ccc2c(c1)C1(CCOCC1)CN2. The summed E-state index contributed by atoms with van der Waals surface area (Å²) in [7, 11) is 0. The third-order valence-electron chi connectivity index (χ3n) is 3.91. The lowest BCUT2D eigenvalue weighted by atomic mass is 9.75. The summed E-state index contributed by atoms with van der Waals surface area (Å²) >= 11 is 0. The van der Waals surface area contributed by atoms with E-state index in [2.05, 4.69) is 17.4 Å². The van der Waals surface area contributed by atoms with Gasteiger partial charge in [-0.1, -0.05) is 12.1 Å². The Balaban J connectivity index is 2.02. The van der Waals surface area contributed by atoms with Gasteiger partial charge in [0.2, 0.25) is 0 Å². The molecule has 0 amide bonds. The minimum atomic E-state index is 0.125. The first-order valence-corrected chi connectivity index (χ1v) is 5.90. The van der Waals surface area contributed by atoms with E-state index in [4.69, 9.17) is 4.74 Å². The van der Waals surface area contributed by atoms with Crippen molar-refractivity contribution in [3.63, 3.8) is 0 Å². The Morgan fingerprint density at radius 2 is 2.12 bits per heavy atom. The maximum Gasteiger partial charge on any atom is 0.0681 e. The first-order valence-electron chi connectivity index (χ1n) is 5.90. The second kappa shape index (κ2) is 3.75. The lowest BCUT2D eigenvalue weighted by Crippen LogP contribution is -2.35. The number of anilines is 1. The molecule has 2 heterocycles. The number of aliphatic hydroxyl groups is 1. The lowest BCUT2D eigenvalue weighted by molar-refractivity contribution is 0.0566. The zero-order valence-electron chi connectivity index (χ0n) is 9.33. The zero-order valence-corrected chi connectivity index (χ0v) is 9.33. The number of aliphatic hydroxyl groups excluding tert-OH is 1. The fourth-order valence-electron chi connectivity index (χ4n) is 2.85. The molecule has 0 aromatic heterocycles.